The second-order valence-electron chi connectivity index (χ2n) is 10.5. The van der Waals surface area contributed by atoms with E-state index in [0.29, 0.717) is 6.54 Å². The van der Waals surface area contributed by atoms with Crippen molar-refractivity contribution < 1.29 is 19.1 Å². The quantitative estimate of drug-likeness (QED) is 0.108. The summed E-state index contributed by atoms with van der Waals surface area (Å²) in [5.74, 6) is -0.906. The maximum atomic E-state index is 12.6. The highest BCUT2D eigenvalue weighted by molar-refractivity contribution is 5.87. The Morgan fingerprint density at radius 2 is 1.24 bits per heavy atom. The fraction of sp³-hybridized carbons (Fsp3) is 0.719. The molecule has 2 N–H and O–H groups in total. The van der Waals surface area contributed by atoms with Crippen molar-refractivity contribution in [2.45, 2.75) is 142 Å². The summed E-state index contributed by atoms with van der Waals surface area (Å²) in [7, 11) is 0. The number of carbonyl (C=O) groups excluding carboxylic acids is 3. The maximum Gasteiger partial charge on any atom is 0.306 e. The molecule has 216 valence electrons. The lowest BCUT2D eigenvalue weighted by molar-refractivity contribution is -0.145. The van der Waals surface area contributed by atoms with E-state index in [4.69, 9.17) is 4.74 Å². The number of carbonyl (C=O) groups is 3. The second-order valence-corrected chi connectivity index (χ2v) is 10.5. The summed E-state index contributed by atoms with van der Waals surface area (Å²) in [5, 5.41) is 5.57. The number of esters is 1. The summed E-state index contributed by atoms with van der Waals surface area (Å²) in [6.45, 7) is 4.44. The summed E-state index contributed by atoms with van der Waals surface area (Å²) in [5.41, 5.74) is 0.913. The number of nitrogens with one attached hydrogen (secondary N) is 2. The van der Waals surface area contributed by atoms with E-state index in [2.05, 4.69) is 17.6 Å². The van der Waals surface area contributed by atoms with Crippen LogP contribution in [0.1, 0.15) is 135 Å². The molecule has 0 radical (unpaired) electrons. The first-order chi connectivity index (χ1) is 18.5. The highest BCUT2D eigenvalue weighted by Gasteiger charge is 2.20. The Bertz CT molecular complexity index is 738. The molecule has 1 unspecified atom stereocenters. The predicted octanol–water partition coefficient (Wildman–Crippen LogP) is 7.39. The number of hydrogen-bond acceptors (Lipinski definition) is 4. The molecule has 1 atom stereocenters. The van der Waals surface area contributed by atoms with Crippen LogP contribution in [0.25, 0.3) is 0 Å². The van der Waals surface area contributed by atoms with E-state index >= 15 is 0 Å². The molecule has 6 nitrogen and oxygen atoms in total. The van der Waals surface area contributed by atoms with Crippen LogP contribution in [0.5, 0.6) is 0 Å². The van der Waals surface area contributed by atoms with E-state index < -0.39 is 6.04 Å². The van der Waals surface area contributed by atoms with Crippen LogP contribution in [0.2, 0.25) is 0 Å². The van der Waals surface area contributed by atoms with Gasteiger partial charge in [-0.15, -0.1) is 0 Å². The number of rotatable bonds is 24. The number of ether oxygens (including phenoxy) is 1. The van der Waals surface area contributed by atoms with Crippen LogP contribution in [0, 0.1) is 0 Å². The molecule has 0 heterocycles. The molecule has 0 aromatic heterocycles. The molecule has 0 saturated carbocycles. The smallest absolute Gasteiger partial charge is 0.306 e. The number of unbranched alkanes of at least 4 members (excludes halogenated alkanes) is 15. The Morgan fingerprint density at radius 3 is 1.74 bits per heavy atom. The van der Waals surface area contributed by atoms with E-state index in [1.165, 1.54) is 96.8 Å². The summed E-state index contributed by atoms with van der Waals surface area (Å²) in [6, 6.07) is 8.73. The Morgan fingerprint density at radius 1 is 0.737 bits per heavy atom. The van der Waals surface area contributed by atoms with E-state index in [1.807, 2.05) is 30.3 Å². The number of amides is 2. The van der Waals surface area contributed by atoms with Crippen LogP contribution in [0.3, 0.4) is 0 Å². The number of benzene rings is 1. The summed E-state index contributed by atoms with van der Waals surface area (Å²) in [4.78, 5) is 36.2. The van der Waals surface area contributed by atoms with Gasteiger partial charge in [-0.2, -0.15) is 0 Å². The van der Waals surface area contributed by atoms with Gasteiger partial charge in [0.05, 0.1) is 0 Å². The number of hydrogen-bond donors (Lipinski definition) is 2. The van der Waals surface area contributed by atoms with Gasteiger partial charge in [0.1, 0.15) is 12.6 Å². The molecule has 2 amide bonds. The molecule has 1 aromatic rings. The van der Waals surface area contributed by atoms with Crippen molar-refractivity contribution >= 4 is 17.8 Å². The molecule has 38 heavy (non-hydrogen) atoms. The highest BCUT2D eigenvalue weighted by Crippen LogP contribution is 2.13. The molecular formula is C32H54N2O4. The van der Waals surface area contributed by atoms with Crippen molar-refractivity contribution in [2.24, 2.45) is 0 Å². The fourth-order valence-corrected chi connectivity index (χ4v) is 4.59. The van der Waals surface area contributed by atoms with E-state index in [-0.39, 0.29) is 37.2 Å². The minimum Gasteiger partial charge on any atom is -0.461 e. The molecule has 0 aliphatic carbocycles. The molecule has 6 heteroatoms. The topological polar surface area (TPSA) is 84.5 Å². The van der Waals surface area contributed by atoms with Gasteiger partial charge >= 0.3 is 5.97 Å². The lowest BCUT2D eigenvalue weighted by atomic mass is 10.0. The third kappa shape index (κ3) is 19.7. The third-order valence-electron chi connectivity index (χ3n) is 6.90. The normalized spacial score (nSPS) is 11.6. The lowest BCUT2D eigenvalue weighted by Crippen LogP contribution is -2.46. The second kappa shape index (κ2) is 23.7. The van der Waals surface area contributed by atoms with Crippen molar-refractivity contribution in [3.63, 3.8) is 0 Å². The van der Waals surface area contributed by atoms with E-state index in [1.54, 1.807) is 0 Å². The molecule has 0 bridgehead atoms. The van der Waals surface area contributed by atoms with E-state index in [9.17, 15) is 14.4 Å². The molecule has 1 aromatic carbocycles. The van der Waals surface area contributed by atoms with Crippen molar-refractivity contribution in [1.29, 1.82) is 0 Å². The van der Waals surface area contributed by atoms with Gasteiger partial charge < -0.3 is 15.4 Å². The van der Waals surface area contributed by atoms with Gasteiger partial charge in [-0.05, 0) is 18.4 Å². The molecule has 0 spiro atoms. The minimum atomic E-state index is -0.724. The Labute approximate surface area is 232 Å². The van der Waals surface area contributed by atoms with Crippen LogP contribution in [0.15, 0.2) is 30.3 Å². The molecule has 0 aliphatic heterocycles. The SMILES string of the molecule is CCCCCCCCCCCCCCCCCCNC(=O)C(CCC(=O)OCc1ccccc1)NC(C)=O. The van der Waals surface area contributed by atoms with Crippen LogP contribution in [-0.4, -0.2) is 30.4 Å². The van der Waals surface area contributed by atoms with Crippen molar-refractivity contribution in [3.05, 3.63) is 35.9 Å². The van der Waals surface area contributed by atoms with Crippen molar-refractivity contribution in [3.8, 4) is 0 Å². The zero-order valence-electron chi connectivity index (χ0n) is 24.2. The Kier molecular flexibility index (Phi) is 21.0. The molecule has 0 saturated heterocycles. The lowest BCUT2D eigenvalue weighted by Gasteiger charge is -2.17. The summed E-state index contributed by atoms with van der Waals surface area (Å²) < 4.78 is 5.28. The molecule has 0 aliphatic rings. The van der Waals surface area contributed by atoms with E-state index in [0.717, 1.165) is 18.4 Å². The average Bonchev–Trinajstić information content (AvgIpc) is 2.91. The molecule has 1 rings (SSSR count). The zero-order valence-corrected chi connectivity index (χ0v) is 24.2. The van der Waals surface area contributed by atoms with Gasteiger partial charge in [-0.1, -0.05) is 134 Å². The monoisotopic (exact) mass is 530 g/mol. The first-order valence-corrected chi connectivity index (χ1v) is 15.3. The first-order valence-electron chi connectivity index (χ1n) is 15.3. The summed E-state index contributed by atoms with van der Waals surface area (Å²) in [6.07, 6.45) is 21.3. The van der Waals surface area contributed by atoms with Crippen LogP contribution >= 0.6 is 0 Å². The first kappa shape index (κ1) is 33.7. The Hall–Kier alpha value is -2.37. The largest absolute Gasteiger partial charge is 0.461 e. The maximum absolute atomic E-state index is 12.6. The van der Waals surface area contributed by atoms with Crippen LogP contribution in [0.4, 0.5) is 0 Å². The van der Waals surface area contributed by atoms with Crippen molar-refractivity contribution in [2.75, 3.05) is 6.54 Å². The molecule has 0 fully saturated rings. The van der Waals surface area contributed by atoms with Crippen LogP contribution in [-0.2, 0) is 25.7 Å². The van der Waals surface area contributed by atoms with Gasteiger partial charge in [-0.3, -0.25) is 14.4 Å². The standard InChI is InChI=1S/C32H54N2O4/c1-3-4-5-6-7-8-9-10-11-12-13-14-15-16-17-21-26-33-32(37)30(34-28(2)35)24-25-31(36)38-27-29-22-19-18-20-23-29/h18-20,22-23,30H,3-17,21,24-27H2,1-2H3,(H,33,37)(H,34,35). The van der Waals surface area contributed by atoms with Gasteiger partial charge in [0.2, 0.25) is 11.8 Å². The highest BCUT2D eigenvalue weighted by atomic mass is 16.5. The minimum absolute atomic E-state index is 0.0737. The summed E-state index contributed by atoms with van der Waals surface area (Å²) >= 11 is 0. The van der Waals surface area contributed by atoms with Gasteiger partial charge in [-0.25, -0.2) is 0 Å². The molecular weight excluding hydrogens is 476 g/mol. The average molecular weight is 531 g/mol. The zero-order chi connectivity index (χ0) is 27.7. The van der Waals surface area contributed by atoms with Gasteiger partial charge in [0, 0.05) is 19.9 Å². The van der Waals surface area contributed by atoms with Gasteiger partial charge in [0.15, 0.2) is 0 Å². The van der Waals surface area contributed by atoms with Crippen molar-refractivity contribution in [1.82, 2.24) is 10.6 Å². The van der Waals surface area contributed by atoms with Gasteiger partial charge in [0.25, 0.3) is 0 Å². The van der Waals surface area contributed by atoms with Crippen LogP contribution < -0.4 is 10.6 Å². The predicted molar refractivity (Wildman–Crippen MR) is 156 cm³/mol. The third-order valence-corrected chi connectivity index (χ3v) is 6.90. The Balaban J connectivity index is 2.02. The fourth-order valence-electron chi connectivity index (χ4n) is 4.59.